The zero-order valence-electron chi connectivity index (χ0n) is 14.2. The van der Waals surface area contributed by atoms with Crippen molar-refractivity contribution >= 4 is 39.7 Å². The standard InChI is InChI=1S/C21H15ClFN3O/c1-11(12-5-3-2-4-6-12)19-20-17(18(24)21(25)27-20)14(10-26-19)13-7-8-16(23)15(22)9-13/h2-10H,1,24-25H2. The second-order valence-electron chi connectivity index (χ2n) is 6.08. The molecule has 0 fully saturated rings. The molecule has 0 atom stereocenters. The maximum atomic E-state index is 13.5. The number of halogens is 2. The summed E-state index contributed by atoms with van der Waals surface area (Å²) in [5.74, 6) is -0.409. The molecule has 0 aliphatic heterocycles. The first-order chi connectivity index (χ1) is 13.0. The van der Waals surface area contributed by atoms with E-state index in [1.807, 2.05) is 30.3 Å². The maximum Gasteiger partial charge on any atom is 0.215 e. The van der Waals surface area contributed by atoms with Crippen LogP contribution in [0.3, 0.4) is 0 Å². The lowest BCUT2D eigenvalue weighted by Crippen LogP contribution is -1.95. The maximum absolute atomic E-state index is 13.5. The Morgan fingerprint density at radius 2 is 1.85 bits per heavy atom. The van der Waals surface area contributed by atoms with Gasteiger partial charge in [-0.3, -0.25) is 4.98 Å². The fourth-order valence-electron chi connectivity index (χ4n) is 3.02. The summed E-state index contributed by atoms with van der Waals surface area (Å²) < 4.78 is 19.3. The molecule has 2 heterocycles. The molecule has 0 saturated heterocycles. The second-order valence-corrected chi connectivity index (χ2v) is 6.49. The van der Waals surface area contributed by atoms with Crippen LogP contribution in [0.25, 0.3) is 27.7 Å². The molecule has 4 aromatic rings. The van der Waals surface area contributed by atoms with Crippen LogP contribution in [0.4, 0.5) is 16.0 Å². The van der Waals surface area contributed by atoms with Crippen LogP contribution in [0.1, 0.15) is 11.3 Å². The quantitative estimate of drug-likeness (QED) is 0.491. The predicted octanol–water partition coefficient (Wildman–Crippen LogP) is 5.51. The van der Waals surface area contributed by atoms with E-state index in [0.717, 1.165) is 5.56 Å². The minimum Gasteiger partial charge on any atom is -0.436 e. The number of hydrogen-bond acceptors (Lipinski definition) is 4. The van der Waals surface area contributed by atoms with Crippen LogP contribution in [0.15, 0.2) is 65.7 Å². The van der Waals surface area contributed by atoms with Crippen molar-refractivity contribution in [2.75, 3.05) is 11.5 Å². The number of hydrogen-bond donors (Lipinski definition) is 2. The Labute approximate surface area is 159 Å². The smallest absolute Gasteiger partial charge is 0.215 e. The molecule has 0 aliphatic carbocycles. The molecule has 27 heavy (non-hydrogen) atoms. The minimum absolute atomic E-state index is 0.00783. The number of rotatable bonds is 3. The van der Waals surface area contributed by atoms with Crippen molar-refractivity contribution in [2.24, 2.45) is 0 Å². The lowest BCUT2D eigenvalue weighted by atomic mass is 9.98. The molecule has 2 aromatic heterocycles. The van der Waals surface area contributed by atoms with Crippen molar-refractivity contribution in [3.63, 3.8) is 0 Å². The highest BCUT2D eigenvalue weighted by Crippen LogP contribution is 2.41. The average molecular weight is 380 g/mol. The fourth-order valence-corrected chi connectivity index (χ4v) is 3.20. The SMILES string of the molecule is C=C(c1ccccc1)c1ncc(-c2ccc(F)c(Cl)c2)c2c(N)c(N)oc12. The summed E-state index contributed by atoms with van der Waals surface area (Å²) in [6, 6.07) is 14.0. The van der Waals surface area contributed by atoms with Crippen LogP contribution >= 0.6 is 11.6 Å². The number of aromatic nitrogens is 1. The Kier molecular flexibility index (Phi) is 4.09. The first-order valence-electron chi connectivity index (χ1n) is 8.14. The van der Waals surface area contributed by atoms with Gasteiger partial charge < -0.3 is 15.9 Å². The van der Waals surface area contributed by atoms with Gasteiger partial charge in [0.15, 0.2) is 5.58 Å². The Bertz CT molecular complexity index is 1190. The van der Waals surface area contributed by atoms with Gasteiger partial charge in [-0.25, -0.2) is 4.39 Å². The molecule has 0 radical (unpaired) electrons. The number of pyridine rings is 1. The van der Waals surface area contributed by atoms with E-state index in [4.69, 9.17) is 27.5 Å². The summed E-state index contributed by atoms with van der Waals surface area (Å²) >= 11 is 5.93. The molecule has 2 aromatic carbocycles. The van der Waals surface area contributed by atoms with E-state index in [1.165, 1.54) is 12.1 Å². The summed E-state index contributed by atoms with van der Waals surface area (Å²) in [5.41, 5.74) is 16.2. The van der Waals surface area contributed by atoms with Gasteiger partial charge in [-0.1, -0.05) is 54.6 Å². The van der Waals surface area contributed by atoms with Gasteiger partial charge in [0.2, 0.25) is 5.88 Å². The zero-order valence-corrected chi connectivity index (χ0v) is 14.9. The predicted molar refractivity (Wildman–Crippen MR) is 108 cm³/mol. The van der Waals surface area contributed by atoms with Crippen LogP contribution in [-0.2, 0) is 0 Å². The highest BCUT2D eigenvalue weighted by atomic mass is 35.5. The van der Waals surface area contributed by atoms with Gasteiger partial charge >= 0.3 is 0 Å². The van der Waals surface area contributed by atoms with Crippen LogP contribution in [0.5, 0.6) is 0 Å². The highest BCUT2D eigenvalue weighted by Gasteiger charge is 2.21. The van der Waals surface area contributed by atoms with E-state index in [1.54, 1.807) is 12.3 Å². The summed E-state index contributed by atoms with van der Waals surface area (Å²) in [7, 11) is 0. The third-order valence-corrected chi connectivity index (χ3v) is 4.71. The highest BCUT2D eigenvalue weighted by molar-refractivity contribution is 6.31. The summed E-state index contributed by atoms with van der Waals surface area (Å²) in [5, 5.41) is 0.603. The zero-order chi connectivity index (χ0) is 19.1. The van der Waals surface area contributed by atoms with Crippen molar-refractivity contribution in [3.8, 4) is 11.1 Å². The lowest BCUT2D eigenvalue weighted by molar-refractivity contribution is 0.628. The number of nitrogens with zero attached hydrogens (tertiary/aromatic N) is 1. The van der Waals surface area contributed by atoms with Gasteiger partial charge in [0.05, 0.1) is 10.4 Å². The molecule has 0 unspecified atom stereocenters. The third-order valence-electron chi connectivity index (χ3n) is 4.42. The number of anilines is 2. The monoisotopic (exact) mass is 379 g/mol. The molecule has 4 N–H and O–H groups in total. The molecular weight excluding hydrogens is 365 g/mol. The van der Waals surface area contributed by atoms with Gasteiger partial charge in [-0.2, -0.15) is 0 Å². The number of nitrogen functional groups attached to an aromatic ring is 2. The number of benzene rings is 2. The van der Waals surface area contributed by atoms with Crippen molar-refractivity contribution in [3.05, 3.63) is 83.4 Å². The number of furan rings is 1. The van der Waals surface area contributed by atoms with Crippen LogP contribution in [-0.4, -0.2) is 4.98 Å². The first kappa shape index (κ1) is 17.1. The summed E-state index contributed by atoms with van der Waals surface area (Å²) in [6.07, 6.45) is 1.64. The van der Waals surface area contributed by atoms with Crippen molar-refractivity contribution in [1.82, 2.24) is 4.98 Å². The first-order valence-corrected chi connectivity index (χ1v) is 8.51. The van der Waals surface area contributed by atoms with Crippen LogP contribution < -0.4 is 11.5 Å². The Morgan fingerprint density at radius 1 is 1.11 bits per heavy atom. The molecule has 134 valence electrons. The van der Waals surface area contributed by atoms with Gasteiger partial charge in [-0.15, -0.1) is 0 Å². The van der Waals surface area contributed by atoms with Crippen molar-refractivity contribution in [2.45, 2.75) is 0 Å². The van der Waals surface area contributed by atoms with Crippen LogP contribution in [0.2, 0.25) is 5.02 Å². The van der Waals surface area contributed by atoms with Crippen molar-refractivity contribution in [1.29, 1.82) is 0 Å². The number of fused-ring (bicyclic) bond motifs is 1. The largest absolute Gasteiger partial charge is 0.436 e. The van der Waals surface area contributed by atoms with E-state index in [9.17, 15) is 4.39 Å². The fraction of sp³-hybridized carbons (Fsp3) is 0. The molecule has 0 aliphatic rings. The van der Waals surface area contributed by atoms with Gasteiger partial charge in [0.1, 0.15) is 17.2 Å². The van der Waals surface area contributed by atoms with E-state index < -0.39 is 5.82 Å². The third kappa shape index (κ3) is 2.82. The molecule has 0 amide bonds. The van der Waals surface area contributed by atoms with E-state index in [2.05, 4.69) is 11.6 Å². The molecule has 4 nitrogen and oxygen atoms in total. The molecule has 0 bridgehead atoms. The molecular formula is C21H15ClFN3O. The molecule has 0 saturated carbocycles. The van der Waals surface area contributed by atoms with Gasteiger partial charge in [-0.05, 0) is 23.3 Å². The Hall–Kier alpha value is -3.31. The Balaban J connectivity index is 1.97. The molecule has 0 spiro atoms. The lowest BCUT2D eigenvalue weighted by Gasteiger charge is -2.10. The number of nitrogens with two attached hydrogens (primary N) is 2. The van der Waals surface area contributed by atoms with E-state index in [0.29, 0.717) is 39.1 Å². The van der Waals surface area contributed by atoms with Gasteiger partial charge in [0.25, 0.3) is 0 Å². The van der Waals surface area contributed by atoms with Crippen LogP contribution in [0, 0.1) is 5.82 Å². The summed E-state index contributed by atoms with van der Waals surface area (Å²) in [6.45, 7) is 4.14. The van der Waals surface area contributed by atoms with Gasteiger partial charge in [0, 0.05) is 17.3 Å². The van der Waals surface area contributed by atoms with E-state index in [-0.39, 0.29) is 10.9 Å². The minimum atomic E-state index is -0.502. The molecule has 4 rings (SSSR count). The summed E-state index contributed by atoms with van der Waals surface area (Å²) in [4.78, 5) is 4.52. The normalized spacial score (nSPS) is 11.0. The second kappa shape index (κ2) is 6.45. The Morgan fingerprint density at radius 3 is 2.56 bits per heavy atom. The van der Waals surface area contributed by atoms with E-state index >= 15 is 0 Å². The average Bonchev–Trinajstić information content (AvgIpc) is 2.98. The van der Waals surface area contributed by atoms with Crippen molar-refractivity contribution < 1.29 is 8.81 Å². The molecule has 6 heteroatoms. The topological polar surface area (TPSA) is 78.1 Å².